The molecule has 0 aliphatic rings. The van der Waals surface area contributed by atoms with Crippen LogP contribution in [0.2, 0.25) is 0 Å². The maximum absolute atomic E-state index is 10.6. The van der Waals surface area contributed by atoms with E-state index in [1.165, 1.54) is 0 Å². The van der Waals surface area contributed by atoms with Crippen LogP contribution in [0, 0.1) is 0 Å². The molecule has 2 unspecified atom stereocenters. The quantitative estimate of drug-likeness (QED) is 0.825. The van der Waals surface area contributed by atoms with E-state index in [1.807, 2.05) is 17.8 Å². The molecular formula is C13H25N3O. The lowest BCUT2D eigenvalue weighted by atomic mass is 9.88. The van der Waals surface area contributed by atoms with Crippen LogP contribution in [0.25, 0.3) is 0 Å². The molecule has 1 aromatic rings. The van der Waals surface area contributed by atoms with Crippen LogP contribution in [-0.2, 0) is 7.05 Å². The average molecular weight is 239 g/mol. The summed E-state index contributed by atoms with van der Waals surface area (Å²) < 4.78 is 1.89. The minimum atomic E-state index is -0.563. The van der Waals surface area contributed by atoms with Gasteiger partial charge in [-0.3, -0.25) is 4.90 Å². The third-order valence-electron chi connectivity index (χ3n) is 3.89. The molecule has 17 heavy (non-hydrogen) atoms. The lowest BCUT2D eigenvalue weighted by Gasteiger charge is -2.42. The van der Waals surface area contributed by atoms with Crippen LogP contribution in [0.3, 0.4) is 0 Å². The first kappa shape index (κ1) is 14.2. The van der Waals surface area contributed by atoms with Crippen molar-refractivity contribution >= 4 is 0 Å². The molecule has 0 amide bonds. The second kappa shape index (κ2) is 5.65. The fraction of sp³-hybridized carbons (Fsp3) is 0.769. The molecule has 0 aromatic carbocycles. The summed E-state index contributed by atoms with van der Waals surface area (Å²) in [6, 6.07) is 0. The van der Waals surface area contributed by atoms with Crippen molar-refractivity contribution in [2.75, 3.05) is 13.1 Å². The van der Waals surface area contributed by atoms with E-state index in [0.29, 0.717) is 0 Å². The second-order valence-corrected chi connectivity index (χ2v) is 4.68. The fourth-order valence-corrected chi connectivity index (χ4v) is 2.45. The Bertz CT molecular complexity index is 346. The summed E-state index contributed by atoms with van der Waals surface area (Å²) in [5.41, 5.74) is -0.261. The fourth-order valence-electron chi connectivity index (χ4n) is 2.45. The summed E-state index contributed by atoms with van der Waals surface area (Å²) in [5.74, 6) is 0.737. The van der Waals surface area contributed by atoms with Gasteiger partial charge in [0.15, 0.2) is 0 Å². The first-order valence-corrected chi connectivity index (χ1v) is 6.41. The number of nitrogens with zero attached hydrogens (tertiary/aromatic N) is 3. The minimum Gasteiger partial charge on any atom is -0.383 e. The summed E-state index contributed by atoms with van der Waals surface area (Å²) >= 11 is 0. The normalized spacial score (nSPS) is 17.1. The Morgan fingerprint density at radius 1 is 1.41 bits per heavy atom. The molecule has 1 rings (SSSR count). The molecule has 0 saturated carbocycles. The zero-order valence-electron chi connectivity index (χ0n) is 11.6. The van der Waals surface area contributed by atoms with Gasteiger partial charge in [-0.2, -0.15) is 0 Å². The van der Waals surface area contributed by atoms with Gasteiger partial charge in [0.05, 0.1) is 5.54 Å². The Morgan fingerprint density at radius 2 is 2.00 bits per heavy atom. The van der Waals surface area contributed by atoms with E-state index in [0.717, 1.165) is 25.3 Å². The molecule has 0 aliphatic heterocycles. The molecule has 0 saturated heterocycles. The van der Waals surface area contributed by atoms with Gasteiger partial charge in [-0.1, -0.05) is 20.8 Å². The van der Waals surface area contributed by atoms with Gasteiger partial charge >= 0.3 is 0 Å². The Morgan fingerprint density at radius 3 is 2.35 bits per heavy atom. The summed E-state index contributed by atoms with van der Waals surface area (Å²) in [6.07, 6.45) is 3.93. The molecule has 0 spiro atoms. The molecule has 1 N–H and O–H groups in total. The van der Waals surface area contributed by atoms with Crippen LogP contribution >= 0.6 is 0 Å². The van der Waals surface area contributed by atoms with Crippen LogP contribution in [0.4, 0.5) is 0 Å². The number of aryl methyl sites for hydroxylation is 1. The molecular weight excluding hydrogens is 214 g/mol. The van der Waals surface area contributed by atoms with Crippen LogP contribution in [0.1, 0.15) is 46.0 Å². The van der Waals surface area contributed by atoms with Crippen LogP contribution in [0.15, 0.2) is 12.4 Å². The van der Waals surface area contributed by atoms with Gasteiger partial charge in [0.25, 0.3) is 0 Å². The first-order chi connectivity index (χ1) is 8.01. The van der Waals surface area contributed by atoms with E-state index >= 15 is 0 Å². The lowest BCUT2D eigenvalue weighted by molar-refractivity contribution is -0.0273. The lowest BCUT2D eigenvalue weighted by Crippen LogP contribution is -2.50. The first-order valence-electron chi connectivity index (χ1n) is 6.41. The number of rotatable bonds is 6. The van der Waals surface area contributed by atoms with E-state index in [9.17, 15) is 5.11 Å². The number of aromatic nitrogens is 2. The van der Waals surface area contributed by atoms with Gasteiger partial charge in [0, 0.05) is 19.4 Å². The monoisotopic (exact) mass is 239 g/mol. The molecule has 4 heteroatoms. The largest absolute Gasteiger partial charge is 0.383 e. The van der Waals surface area contributed by atoms with Gasteiger partial charge in [-0.05, 0) is 26.4 Å². The standard InChI is InChI=1S/C13H25N3O/c1-6-13(4,16(7-2)8-3)11(17)12-14-9-10-15(12)5/h9-11,17H,6-8H2,1-5H3. The highest BCUT2D eigenvalue weighted by molar-refractivity contribution is 5.05. The van der Waals surface area contributed by atoms with Crippen molar-refractivity contribution in [2.24, 2.45) is 7.05 Å². The Hall–Kier alpha value is -0.870. The van der Waals surface area contributed by atoms with E-state index < -0.39 is 6.10 Å². The van der Waals surface area contributed by atoms with Gasteiger partial charge in [0.1, 0.15) is 11.9 Å². The van der Waals surface area contributed by atoms with Crippen molar-refractivity contribution in [3.05, 3.63) is 18.2 Å². The molecule has 0 fully saturated rings. The predicted octanol–water partition coefficient (Wildman–Crippen LogP) is 1.96. The molecule has 2 atom stereocenters. The summed E-state index contributed by atoms with van der Waals surface area (Å²) in [4.78, 5) is 6.57. The number of hydrogen-bond acceptors (Lipinski definition) is 3. The van der Waals surface area contributed by atoms with Crippen LogP contribution in [0.5, 0.6) is 0 Å². The van der Waals surface area contributed by atoms with Crippen LogP contribution < -0.4 is 0 Å². The van der Waals surface area contributed by atoms with Gasteiger partial charge in [-0.25, -0.2) is 4.98 Å². The Kier molecular flexibility index (Phi) is 4.71. The van der Waals surface area contributed by atoms with Crippen molar-refractivity contribution in [3.63, 3.8) is 0 Å². The predicted molar refractivity (Wildman–Crippen MR) is 69.8 cm³/mol. The molecule has 0 bridgehead atoms. The average Bonchev–Trinajstić information content (AvgIpc) is 2.75. The summed E-state index contributed by atoms with van der Waals surface area (Å²) in [5, 5.41) is 10.6. The summed E-state index contributed by atoms with van der Waals surface area (Å²) in [7, 11) is 1.92. The highest BCUT2D eigenvalue weighted by Crippen LogP contribution is 2.32. The van der Waals surface area contributed by atoms with Gasteiger partial charge in [-0.15, -0.1) is 0 Å². The molecule has 1 heterocycles. The van der Waals surface area contributed by atoms with Gasteiger partial charge < -0.3 is 9.67 Å². The summed E-state index contributed by atoms with van der Waals surface area (Å²) in [6.45, 7) is 10.3. The van der Waals surface area contributed by atoms with Gasteiger partial charge in [0.2, 0.25) is 0 Å². The van der Waals surface area contributed by atoms with Crippen molar-refractivity contribution in [1.82, 2.24) is 14.5 Å². The van der Waals surface area contributed by atoms with Crippen molar-refractivity contribution in [1.29, 1.82) is 0 Å². The molecule has 4 nitrogen and oxygen atoms in total. The highest BCUT2D eigenvalue weighted by atomic mass is 16.3. The third kappa shape index (κ3) is 2.53. The third-order valence-corrected chi connectivity index (χ3v) is 3.89. The highest BCUT2D eigenvalue weighted by Gasteiger charge is 2.38. The molecule has 0 aliphatic carbocycles. The topological polar surface area (TPSA) is 41.3 Å². The SMILES string of the molecule is CCN(CC)C(C)(CC)C(O)c1nccn1C. The second-order valence-electron chi connectivity index (χ2n) is 4.68. The minimum absolute atomic E-state index is 0.261. The Balaban J connectivity index is 3.04. The van der Waals surface area contributed by atoms with Crippen molar-refractivity contribution < 1.29 is 5.11 Å². The molecule has 1 aromatic heterocycles. The zero-order valence-corrected chi connectivity index (χ0v) is 11.6. The number of imidazole rings is 1. The van der Waals surface area contributed by atoms with Crippen molar-refractivity contribution in [2.45, 2.75) is 45.8 Å². The number of aliphatic hydroxyl groups is 1. The maximum Gasteiger partial charge on any atom is 0.139 e. The Labute approximate surface area is 104 Å². The van der Waals surface area contributed by atoms with E-state index in [4.69, 9.17) is 0 Å². The smallest absolute Gasteiger partial charge is 0.139 e. The molecule has 0 radical (unpaired) electrons. The van der Waals surface area contributed by atoms with Crippen LogP contribution in [-0.4, -0.2) is 38.2 Å². The van der Waals surface area contributed by atoms with Crippen molar-refractivity contribution in [3.8, 4) is 0 Å². The van der Waals surface area contributed by atoms with E-state index in [1.54, 1.807) is 6.20 Å². The number of hydrogen-bond donors (Lipinski definition) is 1. The van der Waals surface area contributed by atoms with E-state index in [2.05, 4.69) is 37.6 Å². The number of aliphatic hydroxyl groups excluding tert-OH is 1. The zero-order chi connectivity index (χ0) is 13.1. The van der Waals surface area contributed by atoms with E-state index in [-0.39, 0.29) is 5.54 Å². The maximum atomic E-state index is 10.6. The number of likely N-dealkylation sites (N-methyl/N-ethyl adjacent to an activating group) is 1. The molecule has 98 valence electrons.